The van der Waals surface area contributed by atoms with Crippen LogP contribution in [-0.4, -0.2) is 10.5 Å². The fraction of sp³-hybridized carbons (Fsp3) is 0.294. The van der Waals surface area contributed by atoms with Crippen molar-refractivity contribution in [1.29, 1.82) is 0 Å². The van der Waals surface area contributed by atoms with E-state index in [1.807, 2.05) is 0 Å². The van der Waals surface area contributed by atoms with E-state index < -0.39 is 10.8 Å². The summed E-state index contributed by atoms with van der Waals surface area (Å²) in [6, 6.07) is 15.4. The van der Waals surface area contributed by atoms with E-state index in [4.69, 9.17) is 0 Å². The molecule has 0 aromatic heterocycles. The van der Waals surface area contributed by atoms with Crippen LogP contribution in [-0.2, 0) is 36.5 Å². The third-order valence-electron chi connectivity index (χ3n) is 3.85. The zero-order chi connectivity index (χ0) is 13.2. The van der Waals surface area contributed by atoms with E-state index in [9.17, 15) is 4.21 Å². The van der Waals surface area contributed by atoms with E-state index in [0.717, 1.165) is 30.6 Å². The van der Waals surface area contributed by atoms with Crippen LogP contribution in [0.5, 0.6) is 0 Å². The van der Waals surface area contributed by atoms with Crippen molar-refractivity contribution < 1.29 is 4.21 Å². The van der Waals surface area contributed by atoms with E-state index in [1.54, 1.807) is 6.26 Å². The first kappa shape index (κ1) is 12.6. The Labute approximate surface area is 117 Å². The number of hydrogen-bond acceptors (Lipinski definition) is 1. The highest BCUT2D eigenvalue weighted by Crippen LogP contribution is 2.21. The molecule has 1 nitrogen and oxygen atoms in total. The lowest BCUT2D eigenvalue weighted by molar-refractivity contribution is 0.685. The van der Waals surface area contributed by atoms with Gasteiger partial charge in [0.2, 0.25) is 0 Å². The van der Waals surface area contributed by atoms with Crippen molar-refractivity contribution in [1.82, 2.24) is 0 Å². The number of rotatable bonds is 1. The Bertz CT molecular complexity index is 614. The molecule has 1 atom stereocenters. The van der Waals surface area contributed by atoms with Gasteiger partial charge in [0.15, 0.2) is 0 Å². The van der Waals surface area contributed by atoms with Gasteiger partial charge in [-0.25, -0.2) is 0 Å². The molecule has 4 aliphatic carbocycles. The molecule has 0 aliphatic heterocycles. The largest absolute Gasteiger partial charge is 0.255 e. The minimum atomic E-state index is -0.896. The van der Waals surface area contributed by atoms with Crippen LogP contribution >= 0.6 is 0 Å². The van der Waals surface area contributed by atoms with Gasteiger partial charge < -0.3 is 0 Å². The summed E-state index contributed by atoms with van der Waals surface area (Å²) < 4.78 is 11.9. The van der Waals surface area contributed by atoms with Gasteiger partial charge in [-0.15, -0.1) is 0 Å². The van der Waals surface area contributed by atoms with Crippen LogP contribution in [0.25, 0.3) is 0 Å². The molecule has 0 amide bonds. The maximum atomic E-state index is 11.9. The summed E-state index contributed by atoms with van der Waals surface area (Å²) in [7, 11) is -0.896. The second kappa shape index (κ2) is 5.30. The Hall–Kier alpha value is -1.41. The van der Waals surface area contributed by atoms with Gasteiger partial charge in [-0.2, -0.15) is 0 Å². The highest BCUT2D eigenvalue weighted by Gasteiger charge is 2.09. The molecule has 0 saturated carbocycles. The molecule has 6 rings (SSSR count). The lowest BCUT2D eigenvalue weighted by Crippen LogP contribution is -2.03. The summed E-state index contributed by atoms with van der Waals surface area (Å²) in [5.41, 5.74) is 5.27. The van der Waals surface area contributed by atoms with E-state index in [0.29, 0.717) is 0 Å². The maximum absolute atomic E-state index is 11.9. The molecule has 2 aromatic rings. The van der Waals surface area contributed by atoms with Gasteiger partial charge in [0.05, 0.1) is 10.8 Å². The molecule has 2 heteroatoms. The van der Waals surface area contributed by atoms with Crippen LogP contribution in [0.1, 0.15) is 22.3 Å². The van der Waals surface area contributed by atoms with Crippen LogP contribution in [0.2, 0.25) is 0 Å². The minimum Gasteiger partial charge on any atom is -0.255 e. The molecule has 0 heterocycles. The van der Waals surface area contributed by atoms with Crippen molar-refractivity contribution in [3.63, 3.8) is 0 Å². The number of aryl methyl sites for hydroxylation is 4. The van der Waals surface area contributed by atoms with Crippen LogP contribution in [0, 0.1) is 0 Å². The van der Waals surface area contributed by atoms with Gasteiger partial charge in [-0.05, 0) is 54.0 Å². The van der Waals surface area contributed by atoms with Crippen LogP contribution in [0.3, 0.4) is 0 Å². The first-order valence-corrected chi connectivity index (χ1v) is 8.31. The van der Waals surface area contributed by atoms with Gasteiger partial charge in [0.1, 0.15) is 0 Å². The lowest BCUT2D eigenvalue weighted by Gasteiger charge is -2.12. The van der Waals surface area contributed by atoms with E-state index in [1.165, 1.54) is 22.3 Å². The average Bonchev–Trinajstić information content (AvgIpc) is 2.41. The van der Waals surface area contributed by atoms with E-state index in [-0.39, 0.29) is 0 Å². The molecule has 0 unspecified atom stereocenters. The zero-order valence-electron chi connectivity index (χ0n) is 11.2. The SMILES string of the molecule is C[S@](=O)c1cc2ccc1CCc1ccc(cc1)CC2. The van der Waals surface area contributed by atoms with Crippen molar-refractivity contribution in [2.45, 2.75) is 30.6 Å². The summed E-state index contributed by atoms with van der Waals surface area (Å²) in [5.74, 6) is 0. The van der Waals surface area contributed by atoms with Crippen LogP contribution < -0.4 is 0 Å². The van der Waals surface area contributed by atoms with Crippen molar-refractivity contribution in [2.24, 2.45) is 0 Å². The fourth-order valence-electron chi connectivity index (χ4n) is 2.67. The van der Waals surface area contributed by atoms with Gasteiger partial charge in [-0.3, -0.25) is 4.21 Å². The first-order chi connectivity index (χ1) is 9.22. The summed E-state index contributed by atoms with van der Waals surface area (Å²) in [4.78, 5) is 1.02. The van der Waals surface area contributed by atoms with Gasteiger partial charge in [0, 0.05) is 11.2 Å². The molecule has 4 aliphatic rings. The quantitative estimate of drug-likeness (QED) is 0.777. The van der Waals surface area contributed by atoms with Crippen molar-refractivity contribution in [2.75, 3.05) is 6.26 Å². The molecule has 0 fully saturated rings. The summed E-state index contributed by atoms with van der Waals surface area (Å²) in [6.45, 7) is 0. The topological polar surface area (TPSA) is 17.1 Å². The molecule has 0 spiro atoms. The first-order valence-electron chi connectivity index (χ1n) is 6.75. The van der Waals surface area contributed by atoms with Crippen molar-refractivity contribution in [3.05, 3.63) is 64.7 Å². The molecule has 98 valence electrons. The van der Waals surface area contributed by atoms with Crippen LogP contribution in [0.4, 0.5) is 0 Å². The standard InChI is InChI=1S/C17H18OS/c1-19(18)17-12-15-7-6-13-2-4-14(5-3-13)8-10-16(17)11-9-15/h2-5,9,11-12H,6-8,10H2,1H3/t19-/m0/s1. The van der Waals surface area contributed by atoms with E-state index in [2.05, 4.69) is 42.5 Å². The highest BCUT2D eigenvalue weighted by atomic mass is 32.2. The Balaban J connectivity index is 2.03. The minimum absolute atomic E-state index is 0.896. The smallest absolute Gasteiger partial charge is 0.0501 e. The summed E-state index contributed by atoms with van der Waals surface area (Å²) in [6.07, 6.45) is 5.83. The molecule has 4 bridgehead atoms. The summed E-state index contributed by atoms with van der Waals surface area (Å²) in [5, 5.41) is 0. The predicted octanol–water partition coefficient (Wildman–Crippen LogP) is 3.31. The number of benzene rings is 2. The Kier molecular flexibility index (Phi) is 3.52. The normalized spacial score (nSPS) is 15.8. The van der Waals surface area contributed by atoms with Crippen molar-refractivity contribution in [3.8, 4) is 0 Å². The molecule has 19 heavy (non-hydrogen) atoms. The zero-order valence-corrected chi connectivity index (χ0v) is 12.0. The Morgan fingerprint density at radius 3 is 1.95 bits per heavy atom. The maximum Gasteiger partial charge on any atom is 0.0501 e. The third-order valence-corrected chi connectivity index (χ3v) is 4.85. The molecule has 0 radical (unpaired) electrons. The summed E-state index contributed by atoms with van der Waals surface area (Å²) >= 11 is 0. The Morgan fingerprint density at radius 2 is 1.32 bits per heavy atom. The third kappa shape index (κ3) is 2.79. The van der Waals surface area contributed by atoms with Crippen molar-refractivity contribution >= 4 is 10.8 Å². The second-order valence-corrected chi connectivity index (χ2v) is 6.56. The highest BCUT2D eigenvalue weighted by molar-refractivity contribution is 7.84. The number of hydrogen-bond donors (Lipinski definition) is 0. The molecule has 0 saturated heterocycles. The predicted molar refractivity (Wildman–Crippen MR) is 80.0 cm³/mol. The average molecular weight is 270 g/mol. The fourth-order valence-corrected chi connectivity index (χ4v) is 3.53. The lowest BCUT2D eigenvalue weighted by atomic mass is 9.97. The molecule has 2 aromatic carbocycles. The van der Waals surface area contributed by atoms with Crippen LogP contribution in [0.15, 0.2) is 47.4 Å². The molecular formula is C17H18OS. The van der Waals surface area contributed by atoms with Gasteiger partial charge >= 0.3 is 0 Å². The van der Waals surface area contributed by atoms with Gasteiger partial charge in [0.25, 0.3) is 0 Å². The van der Waals surface area contributed by atoms with E-state index >= 15 is 0 Å². The molecular weight excluding hydrogens is 252 g/mol. The molecule has 0 N–H and O–H groups in total. The second-order valence-electron chi connectivity index (χ2n) is 5.21. The monoisotopic (exact) mass is 270 g/mol. The Morgan fingerprint density at radius 1 is 0.789 bits per heavy atom. The van der Waals surface area contributed by atoms with Gasteiger partial charge in [-0.1, -0.05) is 36.4 Å².